The molecule has 1 fully saturated rings. The number of oxazole rings is 1. The van der Waals surface area contributed by atoms with Gasteiger partial charge >= 0.3 is 0 Å². The fourth-order valence-corrected chi connectivity index (χ4v) is 2.66. The van der Waals surface area contributed by atoms with Gasteiger partial charge in [0.1, 0.15) is 5.75 Å². The molecule has 2 aromatic rings. The van der Waals surface area contributed by atoms with Crippen molar-refractivity contribution in [3.63, 3.8) is 0 Å². The summed E-state index contributed by atoms with van der Waals surface area (Å²) in [5.41, 5.74) is 0.928. The maximum absolute atomic E-state index is 11.9. The molecule has 24 heavy (non-hydrogen) atoms. The van der Waals surface area contributed by atoms with Crippen LogP contribution in [0.2, 0.25) is 0 Å². The predicted molar refractivity (Wildman–Crippen MR) is 88.8 cm³/mol. The van der Waals surface area contributed by atoms with Gasteiger partial charge in [0, 0.05) is 31.6 Å². The largest absolute Gasteiger partial charge is 0.497 e. The van der Waals surface area contributed by atoms with Gasteiger partial charge < -0.3 is 19.2 Å². The zero-order valence-electron chi connectivity index (χ0n) is 13.8. The number of aromatic nitrogens is 1. The molecule has 1 atom stereocenters. The molecular weight excluding hydrogens is 308 g/mol. The van der Waals surface area contributed by atoms with Gasteiger partial charge in [-0.1, -0.05) is 0 Å². The number of methoxy groups -OCH3 is 1. The molecule has 0 bridgehead atoms. The lowest BCUT2D eigenvalue weighted by molar-refractivity contribution is -0.121. The first-order valence-electron chi connectivity index (χ1n) is 8.22. The topological polar surface area (TPSA) is 73.6 Å². The van der Waals surface area contributed by atoms with E-state index >= 15 is 0 Å². The number of carbonyl (C=O) groups is 1. The second-order valence-corrected chi connectivity index (χ2v) is 5.79. The Morgan fingerprint density at radius 1 is 1.38 bits per heavy atom. The molecule has 1 unspecified atom stereocenters. The highest BCUT2D eigenvalue weighted by molar-refractivity contribution is 5.76. The molecule has 1 saturated heterocycles. The summed E-state index contributed by atoms with van der Waals surface area (Å²) in [5, 5.41) is 2.90. The van der Waals surface area contributed by atoms with Gasteiger partial charge in [0.15, 0.2) is 11.7 Å². The van der Waals surface area contributed by atoms with E-state index in [4.69, 9.17) is 13.9 Å². The number of hydrogen-bond donors (Lipinski definition) is 1. The Morgan fingerprint density at radius 3 is 2.92 bits per heavy atom. The molecule has 0 radical (unpaired) electrons. The molecule has 1 aromatic carbocycles. The molecule has 128 valence electrons. The van der Waals surface area contributed by atoms with Crippen LogP contribution in [-0.2, 0) is 16.0 Å². The second-order valence-electron chi connectivity index (χ2n) is 5.79. The Balaban J connectivity index is 1.47. The molecule has 0 spiro atoms. The first-order chi connectivity index (χ1) is 11.7. The summed E-state index contributed by atoms with van der Waals surface area (Å²) >= 11 is 0. The summed E-state index contributed by atoms with van der Waals surface area (Å²) < 4.78 is 16.3. The molecule has 6 heteroatoms. The van der Waals surface area contributed by atoms with Crippen LogP contribution in [0.5, 0.6) is 5.75 Å². The van der Waals surface area contributed by atoms with Gasteiger partial charge in [-0.3, -0.25) is 4.79 Å². The van der Waals surface area contributed by atoms with Crippen LogP contribution in [0.1, 0.15) is 25.2 Å². The number of aryl methyl sites for hydroxylation is 1. The number of ether oxygens (including phenoxy) is 2. The Labute approximate surface area is 141 Å². The molecule has 2 heterocycles. The van der Waals surface area contributed by atoms with Crippen molar-refractivity contribution in [1.82, 2.24) is 10.3 Å². The third kappa shape index (κ3) is 4.35. The average molecular weight is 330 g/mol. The van der Waals surface area contributed by atoms with Crippen LogP contribution in [0.15, 0.2) is 34.9 Å². The highest BCUT2D eigenvalue weighted by Crippen LogP contribution is 2.23. The van der Waals surface area contributed by atoms with Crippen LogP contribution < -0.4 is 10.1 Å². The van der Waals surface area contributed by atoms with Gasteiger partial charge in [0.05, 0.1) is 19.4 Å². The van der Waals surface area contributed by atoms with Crippen molar-refractivity contribution in [1.29, 1.82) is 0 Å². The summed E-state index contributed by atoms with van der Waals surface area (Å²) in [7, 11) is 1.63. The van der Waals surface area contributed by atoms with Crippen LogP contribution in [0, 0.1) is 0 Å². The van der Waals surface area contributed by atoms with E-state index in [1.807, 2.05) is 24.3 Å². The van der Waals surface area contributed by atoms with E-state index in [9.17, 15) is 4.79 Å². The molecule has 6 nitrogen and oxygen atoms in total. The average Bonchev–Trinajstić information content (AvgIpc) is 3.30. The number of rotatable bonds is 7. The van der Waals surface area contributed by atoms with E-state index in [1.165, 1.54) is 0 Å². The molecule has 1 amide bonds. The van der Waals surface area contributed by atoms with E-state index in [-0.39, 0.29) is 12.0 Å². The number of carbonyl (C=O) groups excluding carboxylic acids is 1. The van der Waals surface area contributed by atoms with Gasteiger partial charge in [-0.05, 0) is 37.1 Å². The summed E-state index contributed by atoms with van der Waals surface area (Å²) in [5.74, 6) is 2.04. The van der Waals surface area contributed by atoms with Crippen LogP contribution in [0.25, 0.3) is 11.3 Å². The highest BCUT2D eigenvalue weighted by atomic mass is 16.5. The molecule has 1 aliphatic rings. The van der Waals surface area contributed by atoms with E-state index in [2.05, 4.69) is 10.3 Å². The minimum absolute atomic E-state index is 0.00491. The van der Waals surface area contributed by atoms with Crippen molar-refractivity contribution in [2.75, 3.05) is 20.3 Å². The van der Waals surface area contributed by atoms with Crippen molar-refractivity contribution in [3.05, 3.63) is 36.4 Å². The normalized spacial score (nSPS) is 17.0. The van der Waals surface area contributed by atoms with Gasteiger partial charge in [0.25, 0.3) is 0 Å². The lowest BCUT2D eigenvalue weighted by Crippen LogP contribution is -2.31. The third-order valence-corrected chi connectivity index (χ3v) is 4.04. The third-order valence-electron chi connectivity index (χ3n) is 4.04. The number of hydrogen-bond acceptors (Lipinski definition) is 5. The molecule has 0 saturated carbocycles. The van der Waals surface area contributed by atoms with Gasteiger partial charge in [-0.15, -0.1) is 0 Å². The zero-order valence-corrected chi connectivity index (χ0v) is 13.8. The lowest BCUT2D eigenvalue weighted by Gasteiger charge is -2.10. The van der Waals surface area contributed by atoms with E-state index in [1.54, 1.807) is 13.3 Å². The Hall–Kier alpha value is -2.34. The van der Waals surface area contributed by atoms with Crippen molar-refractivity contribution < 1.29 is 18.7 Å². The number of amides is 1. The van der Waals surface area contributed by atoms with E-state index in [0.29, 0.717) is 31.0 Å². The molecule has 1 aliphatic heterocycles. The smallest absolute Gasteiger partial charge is 0.220 e. The Morgan fingerprint density at radius 2 is 2.21 bits per heavy atom. The maximum atomic E-state index is 11.9. The fourth-order valence-electron chi connectivity index (χ4n) is 2.66. The monoisotopic (exact) mass is 330 g/mol. The first kappa shape index (κ1) is 16.5. The quantitative estimate of drug-likeness (QED) is 0.844. The molecule has 1 aromatic heterocycles. The van der Waals surface area contributed by atoms with Crippen LogP contribution in [-0.4, -0.2) is 37.3 Å². The predicted octanol–water partition coefficient (Wildman–Crippen LogP) is 2.58. The molecular formula is C18H22N2O4. The maximum Gasteiger partial charge on any atom is 0.220 e. The SMILES string of the molecule is COc1ccc(-c2cnc(CCC(=O)NCC3CCCO3)o2)cc1. The van der Waals surface area contributed by atoms with Crippen molar-refractivity contribution in [2.45, 2.75) is 31.8 Å². The minimum Gasteiger partial charge on any atom is -0.497 e. The van der Waals surface area contributed by atoms with Crippen LogP contribution >= 0.6 is 0 Å². The standard InChI is InChI=1S/C18H22N2O4/c1-22-14-6-4-13(5-7-14)16-12-20-18(24-16)9-8-17(21)19-11-15-3-2-10-23-15/h4-7,12,15H,2-3,8-11H2,1H3,(H,19,21). The second kappa shape index (κ2) is 7.97. The fraction of sp³-hybridized carbons (Fsp3) is 0.444. The molecule has 1 N–H and O–H groups in total. The molecule has 3 rings (SSSR count). The van der Waals surface area contributed by atoms with Crippen molar-refractivity contribution in [3.8, 4) is 17.1 Å². The van der Waals surface area contributed by atoms with E-state index < -0.39 is 0 Å². The van der Waals surface area contributed by atoms with Crippen LogP contribution in [0.4, 0.5) is 0 Å². The Bertz CT molecular complexity index is 660. The summed E-state index contributed by atoms with van der Waals surface area (Å²) in [6, 6.07) is 7.57. The van der Waals surface area contributed by atoms with Crippen molar-refractivity contribution in [2.24, 2.45) is 0 Å². The first-order valence-corrected chi connectivity index (χ1v) is 8.22. The Kier molecular flexibility index (Phi) is 5.48. The van der Waals surface area contributed by atoms with Crippen molar-refractivity contribution >= 4 is 5.91 Å². The van der Waals surface area contributed by atoms with Gasteiger partial charge in [-0.25, -0.2) is 4.98 Å². The summed E-state index contributed by atoms with van der Waals surface area (Å²) in [6.45, 7) is 1.38. The van der Waals surface area contributed by atoms with Crippen LogP contribution in [0.3, 0.4) is 0 Å². The lowest BCUT2D eigenvalue weighted by atomic mass is 10.2. The number of nitrogens with zero attached hydrogens (tertiary/aromatic N) is 1. The van der Waals surface area contributed by atoms with Gasteiger partial charge in [0.2, 0.25) is 5.91 Å². The number of nitrogens with one attached hydrogen (secondary N) is 1. The zero-order chi connectivity index (χ0) is 16.8. The molecule has 0 aliphatic carbocycles. The highest BCUT2D eigenvalue weighted by Gasteiger charge is 2.16. The summed E-state index contributed by atoms with van der Waals surface area (Å²) in [4.78, 5) is 16.1. The summed E-state index contributed by atoms with van der Waals surface area (Å²) in [6.07, 6.45) is 4.78. The number of benzene rings is 1. The van der Waals surface area contributed by atoms with Gasteiger partial charge in [-0.2, -0.15) is 0 Å². The van der Waals surface area contributed by atoms with E-state index in [0.717, 1.165) is 30.8 Å². The minimum atomic E-state index is -0.00491.